The van der Waals surface area contributed by atoms with E-state index >= 15 is 0 Å². The normalized spacial score (nSPS) is 25.2. The minimum absolute atomic E-state index is 0.223. The van der Waals surface area contributed by atoms with Gasteiger partial charge in [-0.25, -0.2) is 0 Å². The van der Waals surface area contributed by atoms with Crippen LogP contribution in [0.2, 0.25) is 0 Å². The first-order valence-corrected chi connectivity index (χ1v) is 3.59. The molecule has 1 aliphatic rings. The first kappa shape index (κ1) is 7.45. The van der Waals surface area contributed by atoms with E-state index in [2.05, 4.69) is 37.1 Å². The molecule has 1 heterocycles. The number of rotatable bonds is 0. The van der Waals surface area contributed by atoms with Crippen LogP contribution in [0.3, 0.4) is 0 Å². The zero-order valence-electron chi connectivity index (χ0n) is 7.05. The van der Waals surface area contributed by atoms with Crippen LogP contribution in [0.4, 0.5) is 0 Å². The van der Waals surface area contributed by atoms with Gasteiger partial charge < -0.3 is 0 Å². The van der Waals surface area contributed by atoms with E-state index in [0.29, 0.717) is 0 Å². The molecule has 0 N–H and O–H groups in total. The summed E-state index contributed by atoms with van der Waals surface area (Å²) in [5.74, 6) is 0. The molecule has 0 aromatic rings. The number of hydrogen-bond donors (Lipinski definition) is 0. The Balaban J connectivity index is 2.72. The van der Waals surface area contributed by atoms with Crippen molar-refractivity contribution in [2.75, 3.05) is 0 Å². The summed E-state index contributed by atoms with van der Waals surface area (Å²) in [6.07, 6.45) is 2.11. The van der Waals surface area contributed by atoms with Crippen molar-refractivity contribution in [1.29, 1.82) is 0 Å². The highest BCUT2D eigenvalue weighted by molar-refractivity contribution is 5.10. The largest absolute Gasteiger partial charge is 0.181 e. The van der Waals surface area contributed by atoms with Gasteiger partial charge in [-0.05, 0) is 18.4 Å². The highest BCUT2D eigenvalue weighted by Crippen LogP contribution is 2.28. The fraction of sp³-hybridized carbons (Fsp3) is 0.750. The van der Waals surface area contributed by atoms with Crippen molar-refractivity contribution in [3.8, 4) is 0 Å². The van der Waals surface area contributed by atoms with Crippen molar-refractivity contribution >= 4 is 0 Å². The fourth-order valence-electron chi connectivity index (χ4n) is 0.872. The lowest BCUT2D eigenvalue weighted by Gasteiger charge is -2.20. The summed E-state index contributed by atoms with van der Waals surface area (Å²) in [5, 5.41) is 8.09. The van der Waals surface area contributed by atoms with E-state index in [1.54, 1.807) is 0 Å². The van der Waals surface area contributed by atoms with E-state index < -0.39 is 0 Å². The van der Waals surface area contributed by atoms with Gasteiger partial charge in [-0.3, -0.25) is 0 Å². The lowest BCUT2D eigenvalue weighted by Crippen LogP contribution is -2.20. The van der Waals surface area contributed by atoms with Crippen LogP contribution >= 0.6 is 0 Å². The Kier molecular flexibility index (Phi) is 1.63. The number of nitrogens with zero attached hydrogens (tertiary/aromatic N) is 2. The van der Waals surface area contributed by atoms with Crippen LogP contribution in [-0.4, -0.2) is 6.04 Å². The Morgan fingerprint density at radius 3 is 2.20 bits per heavy atom. The number of azo groups is 1. The molecule has 2 nitrogen and oxygen atoms in total. The molecule has 56 valence electrons. The number of allylic oxidation sites excluding steroid dienone is 1. The summed E-state index contributed by atoms with van der Waals surface area (Å²) in [6, 6.07) is 0.285. The summed E-state index contributed by atoms with van der Waals surface area (Å²) in [7, 11) is 0. The van der Waals surface area contributed by atoms with Crippen molar-refractivity contribution in [3.05, 3.63) is 11.8 Å². The third kappa shape index (κ3) is 1.43. The van der Waals surface area contributed by atoms with E-state index in [-0.39, 0.29) is 11.5 Å². The molecular formula is C8H14N2. The van der Waals surface area contributed by atoms with Crippen molar-refractivity contribution in [3.63, 3.8) is 0 Å². The molecular weight excluding hydrogens is 124 g/mol. The Labute approximate surface area is 62.0 Å². The van der Waals surface area contributed by atoms with E-state index in [4.69, 9.17) is 0 Å². The molecule has 1 rings (SSSR count). The Hall–Kier alpha value is -0.660. The topological polar surface area (TPSA) is 24.7 Å². The van der Waals surface area contributed by atoms with Crippen molar-refractivity contribution in [2.45, 2.75) is 33.7 Å². The molecule has 1 atom stereocenters. The molecule has 0 saturated carbocycles. The zero-order valence-corrected chi connectivity index (χ0v) is 7.05. The molecule has 0 aromatic heterocycles. The second-order valence-corrected chi connectivity index (χ2v) is 3.83. The molecule has 0 aromatic carbocycles. The number of hydrogen-bond acceptors (Lipinski definition) is 2. The van der Waals surface area contributed by atoms with Gasteiger partial charge in [-0.1, -0.05) is 20.8 Å². The Bertz CT molecular complexity index is 184. The van der Waals surface area contributed by atoms with Crippen LogP contribution in [0.25, 0.3) is 0 Å². The Morgan fingerprint density at radius 2 is 2.00 bits per heavy atom. The van der Waals surface area contributed by atoms with Gasteiger partial charge in [0.15, 0.2) is 0 Å². The summed E-state index contributed by atoms with van der Waals surface area (Å²) < 4.78 is 0. The van der Waals surface area contributed by atoms with Crippen LogP contribution in [0.5, 0.6) is 0 Å². The molecule has 0 amide bonds. The fourth-order valence-corrected chi connectivity index (χ4v) is 0.872. The van der Waals surface area contributed by atoms with Crippen LogP contribution in [0.15, 0.2) is 22.0 Å². The van der Waals surface area contributed by atoms with Crippen LogP contribution in [0.1, 0.15) is 27.7 Å². The lowest BCUT2D eigenvalue weighted by atomic mass is 9.87. The maximum absolute atomic E-state index is 4.12. The second kappa shape index (κ2) is 2.19. The molecule has 2 heteroatoms. The maximum atomic E-state index is 4.12. The standard InChI is InChI=1S/C8H14N2/c1-6-5-7(10-9-6)8(2,3)4/h5,7H,1-4H3. The molecule has 10 heavy (non-hydrogen) atoms. The first-order valence-electron chi connectivity index (χ1n) is 3.59. The Morgan fingerprint density at radius 1 is 1.40 bits per heavy atom. The van der Waals surface area contributed by atoms with Gasteiger partial charge in [0, 0.05) is 0 Å². The predicted octanol–water partition coefficient (Wildman–Crippen LogP) is 2.77. The summed E-state index contributed by atoms with van der Waals surface area (Å²) in [4.78, 5) is 0. The van der Waals surface area contributed by atoms with Gasteiger partial charge in [0.2, 0.25) is 0 Å². The van der Waals surface area contributed by atoms with Gasteiger partial charge in [0.25, 0.3) is 0 Å². The third-order valence-electron chi connectivity index (χ3n) is 1.63. The summed E-state index contributed by atoms with van der Waals surface area (Å²) in [5.41, 5.74) is 1.27. The van der Waals surface area contributed by atoms with Gasteiger partial charge >= 0.3 is 0 Å². The first-order chi connectivity index (χ1) is 4.50. The predicted molar refractivity (Wildman–Crippen MR) is 41.9 cm³/mol. The monoisotopic (exact) mass is 138 g/mol. The third-order valence-corrected chi connectivity index (χ3v) is 1.63. The molecule has 0 aliphatic carbocycles. The molecule has 0 fully saturated rings. The van der Waals surface area contributed by atoms with Gasteiger partial charge in [0.05, 0.1) is 11.7 Å². The molecule has 1 aliphatic heterocycles. The van der Waals surface area contributed by atoms with Crippen molar-refractivity contribution in [1.82, 2.24) is 0 Å². The van der Waals surface area contributed by atoms with Gasteiger partial charge in [0.1, 0.15) is 0 Å². The minimum Gasteiger partial charge on any atom is -0.181 e. The van der Waals surface area contributed by atoms with Crippen LogP contribution in [-0.2, 0) is 0 Å². The maximum Gasteiger partial charge on any atom is 0.0962 e. The highest BCUT2D eigenvalue weighted by Gasteiger charge is 2.24. The van der Waals surface area contributed by atoms with Crippen LogP contribution < -0.4 is 0 Å². The van der Waals surface area contributed by atoms with E-state index in [9.17, 15) is 0 Å². The molecule has 1 unspecified atom stereocenters. The van der Waals surface area contributed by atoms with Gasteiger partial charge in [-0.15, -0.1) is 0 Å². The average molecular weight is 138 g/mol. The smallest absolute Gasteiger partial charge is 0.0962 e. The van der Waals surface area contributed by atoms with Crippen molar-refractivity contribution in [2.24, 2.45) is 15.6 Å². The summed E-state index contributed by atoms with van der Waals surface area (Å²) in [6.45, 7) is 8.50. The van der Waals surface area contributed by atoms with Crippen molar-refractivity contribution < 1.29 is 0 Å². The average Bonchev–Trinajstić information content (AvgIpc) is 2.11. The minimum atomic E-state index is 0.223. The summed E-state index contributed by atoms with van der Waals surface area (Å²) >= 11 is 0. The quantitative estimate of drug-likeness (QED) is 0.491. The van der Waals surface area contributed by atoms with E-state index in [1.165, 1.54) is 0 Å². The molecule has 0 spiro atoms. The molecule has 0 bridgehead atoms. The zero-order chi connectivity index (χ0) is 7.78. The van der Waals surface area contributed by atoms with E-state index in [1.807, 2.05) is 6.92 Å². The molecule has 0 radical (unpaired) electrons. The molecule has 0 saturated heterocycles. The van der Waals surface area contributed by atoms with Crippen LogP contribution in [0, 0.1) is 5.41 Å². The SMILES string of the molecule is CC1=CC(C(C)(C)C)N=N1. The van der Waals surface area contributed by atoms with E-state index in [0.717, 1.165) is 5.70 Å². The second-order valence-electron chi connectivity index (χ2n) is 3.83. The van der Waals surface area contributed by atoms with Gasteiger partial charge in [-0.2, -0.15) is 10.2 Å². The highest BCUT2D eigenvalue weighted by atomic mass is 15.2. The lowest BCUT2D eigenvalue weighted by molar-refractivity contribution is 0.365.